The second-order valence-electron chi connectivity index (χ2n) is 8.77. The number of alkyl halides is 3. The number of fused-ring (bicyclic) bond motifs is 1. The molecule has 202 valence electrons. The predicted octanol–water partition coefficient (Wildman–Crippen LogP) is 2.39. The van der Waals surface area contributed by atoms with Crippen molar-refractivity contribution in [2.24, 2.45) is 0 Å². The molecular formula is C25H21F4N7O3. The van der Waals surface area contributed by atoms with E-state index < -0.39 is 40.8 Å². The van der Waals surface area contributed by atoms with E-state index >= 15 is 0 Å². The van der Waals surface area contributed by atoms with E-state index in [0.717, 1.165) is 10.6 Å². The summed E-state index contributed by atoms with van der Waals surface area (Å²) < 4.78 is 56.8. The summed E-state index contributed by atoms with van der Waals surface area (Å²) in [5.41, 5.74) is -0.614. The van der Waals surface area contributed by atoms with Crippen LogP contribution in [0.2, 0.25) is 0 Å². The zero-order chi connectivity index (χ0) is 27.7. The van der Waals surface area contributed by atoms with Crippen molar-refractivity contribution in [1.29, 1.82) is 0 Å². The minimum atomic E-state index is -4.82. The maximum Gasteiger partial charge on any atom is 0.417 e. The largest absolute Gasteiger partial charge is 0.417 e. The van der Waals surface area contributed by atoms with Crippen LogP contribution in [0, 0.1) is 5.82 Å². The van der Waals surface area contributed by atoms with Gasteiger partial charge in [0.25, 0.3) is 11.8 Å². The van der Waals surface area contributed by atoms with Gasteiger partial charge in [-0.1, -0.05) is 0 Å². The fraction of sp³-hybridized carbons (Fsp3) is 0.240. The summed E-state index contributed by atoms with van der Waals surface area (Å²) in [7, 11) is 0. The Balaban J connectivity index is 1.16. The van der Waals surface area contributed by atoms with E-state index in [1.165, 1.54) is 11.1 Å². The van der Waals surface area contributed by atoms with Crippen molar-refractivity contribution < 1.29 is 31.9 Å². The van der Waals surface area contributed by atoms with Gasteiger partial charge in [-0.05, 0) is 36.4 Å². The normalized spacial score (nSPS) is 14.1. The second kappa shape index (κ2) is 10.2. The van der Waals surface area contributed by atoms with Crippen LogP contribution < -0.4 is 5.32 Å². The Morgan fingerprint density at radius 2 is 1.72 bits per heavy atom. The Morgan fingerprint density at radius 1 is 0.974 bits per heavy atom. The number of hydrogen-bond acceptors (Lipinski definition) is 5. The van der Waals surface area contributed by atoms with Gasteiger partial charge < -0.3 is 19.5 Å². The number of hydrogen-bond donors (Lipinski definition) is 1. The monoisotopic (exact) mass is 543 g/mol. The molecule has 4 heterocycles. The van der Waals surface area contributed by atoms with Gasteiger partial charge >= 0.3 is 6.18 Å². The molecule has 0 atom stereocenters. The lowest BCUT2D eigenvalue weighted by molar-refractivity contribution is -0.138. The molecule has 0 radical (unpaired) electrons. The van der Waals surface area contributed by atoms with E-state index in [1.54, 1.807) is 45.9 Å². The number of piperazine rings is 1. The third-order valence-electron chi connectivity index (χ3n) is 6.27. The zero-order valence-electron chi connectivity index (χ0n) is 20.2. The number of halogens is 4. The number of carbonyl (C=O) groups excluding carboxylic acids is 3. The highest BCUT2D eigenvalue weighted by molar-refractivity contribution is 5.97. The van der Waals surface area contributed by atoms with Crippen molar-refractivity contribution in [2.45, 2.75) is 6.18 Å². The predicted molar refractivity (Wildman–Crippen MR) is 129 cm³/mol. The van der Waals surface area contributed by atoms with E-state index in [0.29, 0.717) is 23.8 Å². The summed E-state index contributed by atoms with van der Waals surface area (Å²) >= 11 is 0. The molecular weight excluding hydrogens is 522 g/mol. The van der Waals surface area contributed by atoms with Crippen molar-refractivity contribution in [3.05, 3.63) is 83.8 Å². The van der Waals surface area contributed by atoms with E-state index in [-0.39, 0.29) is 38.4 Å². The topological polar surface area (TPSA) is 105 Å². The van der Waals surface area contributed by atoms with E-state index in [9.17, 15) is 31.9 Å². The minimum absolute atomic E-state index is 0.0433. The van der Waals surface area contributed by atoms with E-state index in [4.69, 9.17) is 0 Å². The third-order valence-corrected chi connectivity index (χ3v) is 6.27. The third kappa shape index (κ3) is 5.44. The lowest BCUT2D eigenvalue weighted by Crippen LogP contribution is -2.52. The van der Waals surface area contributed by atoms with Crippen LogP contribution in [0.3, 0.4) is 0 Å². The number of nitrogens with one attached hydrogen (secondary N) is 1. The Bertz CT molecular complexity index is 1540. The number of amides is 3. The van der Waals surface area contributed by atoms with Crippen molar-refractivity contribution in [3.63, 3.8) is 0 Å². The molecule has 1 N–H and O–H groups in total. The lowest BCUT2D eigenvalue weighted by atomic mass is 10.0. The minimum Gasteiger partial charge on any atom is -0.342 e. The number of carbonyl (C=O) groups is 3. The fourth-order valence-corrected chi connectivity index (χ4v) is 4.27. The lowest BCUT2D eigenvalue weighted by Gasteiger charge is -2.35. The quantitative estimate of drug-likeness (QED) is 0.390. The van der Waals surface area contributed by atoms with Gasteiger partial charge in [0.15, 0.2) is 0 Å². The van der Waals surface area contributed by atoms with Gasteiger partial charge in [-0.3, -0.25) is 14.4 Å². The molecule has 5 rings (SSSR count). The summed E-state index contributed by atoms with van der Waals surface area (Å²) in [6.07, 6.45) is 1.86. The first-order valence-corrected chi connectivity index (χ1v) is 11.8. The first-order chi connectivity index (χ1) is 18.6. The summed E-state index contributed by atoms with van der Waals surface area (Å²) in [6.45, 7) is -0.334. The summed E-state index contributed by atoms with van der Waals surface area (Å²) in [6, 6.07) is 7.04. The molecule has 3 amide bonds. The highest BCUT2D eigenvalue weighted by atomic mass is 19.4. The molecule has 3 aromatic heterocycles. The van der Waals surface area contributed by atoms with Crippen LogP contribution in [0.1, 0.15) is 26.4 Å². The molecule has 1 saturated heterocycles. The van der Waals surface area contributed by atoms with Gasteiger partial charge in [0, 0.05) is 51.0 Å². The fourth-order valence-electron chi connectivity index (χ4n) is 4.27. The highest BCUT2D eigenvalue weighted by Gasteiger charge is 2.37. The Hall–Kier alpha value is -4.75. The van der Waals surface area contributed by atoms with Gasteiger partial charge in [-0.2, -0.15) is 18.3 Å². The van der Waals surface area contributed by atoms with Crippen LogP contribution in [0.15, 0.2) is 61.2 Å². The van der Waals surface area contributed by atoms with Crippen molar-refractivity contribution in [3.8, 4) is 5.69 Å². The molecule has 14 heteroatoms. The molecule has 1 aromatic carbocycles. The van der Waals surface area contributed by atoms with Gasteiger partial charge in [0.2, 0.25) is 5.91 Å². The van der Waals surface area contributed by atoms with Crippen molar-refractivity contribution in [1.82, 2.24) is 34.3 Å². The zero-order valence-corrected chi connectivity index (χ0v) is 20.2. The van der Waals surface area contributed by atoms with Crippen LogP contribution in [-0.2, 0) is 11.0 Å². The summed E-state index contributed by atoms with van der Waals surface area (Å²) in [5, 5.41) is 6.67. The molecule has 0 aliphatic carbocycles. The highest BCUT2D eigenvalue weighted by Crippen LogP contribution is 2.33. The number of nitrogens with zero attached hydrogens (tertiary/aromatic N) is 6. The maximum atomic E-state index is 13.6. The maximum absolute atomic E-state index is 13.6. The van der Waals surface area contributed by atoms with Crippen LogP contribution in [-0.4, -0.2) is 79.4 Å². The Kier molecular flexibility index (Phi) is 6.76. The average molecular weight is 543 g/mol. The van der Waals surface area contributed by atoms with Crippen LogP contribution in [0.25, 0.3) is 11.3 Å². The van der Waals surface area contributed by atoms with Crippen LogP contribution >= 0.6 is 0 Å². The Morgan fingerprint density at radius 3 is 2.41 bits per heavy atom. The molecule has 4 aromatic rings. The molecule has 0 bridgehead atoms. The number of pyridine rings is 1. The van der Waals surface area contributed by atoms with Gasteiger partial charge in [0.1, 0.15) is 17.2 Å². The molecule has 10 nitrogen and oxygen atoms in total. The first kappa shape index (κ1) is 25.9. The van der Waals surface area contributed by atoms with E-state index in [2.05, 4.69) is 15.4 Å². The second-order valence-corrected chi connectivity index (χ2v) is 8.77. The molecule has 0 saturated carbocycles. The van der Waals surface area contributed by atoms with Crippen molar-refractivity contribution >= 4 is 23.4 Å². The Labute approximate surface area is 218 Å². The van der Waals surface area contributed by atoms with Gasteiger partial charge in [-0.15, -0.1) is 0 Å². The van der Waals surface area contributed by atoms with Gasteiger partial charge in [-0.25, -0.2) is 14.1 Å². The van der Waals surface area contributed by atoms with Gasteiger partial charge in [0.05, 0.1) is 23.4 Å². The summed E-state index contributed by atoms with van der Waals surface area (Å²) in [5.74, 6) is -2.92. The summed E-state index contributed by atoms with van der Waals surface area (Å²) in [4.78, 5) is 44.7. The van der Waals surface area contributed by atoms with E-state index in [1.807, 2.05) is 0 Å². The molecule has 1 aliphatic heterocycles. The average Bonchev–Trinajstić information content (AvgIpc) is 3.60. The SMILES string of the molecule is O=C(NCC(=O)N1CCN(C(=O)c2cc(F)ccc2C(F)(F)F)CC1)c1cn2cc(-n3cccn3)ccc2n1. The first-order valence-electron chi connectivity index (χ1n) is 11.8. The molecule has 0 unspecified atom stereocenters. The number of imidazole rings is 1. The number of rotatable bonds is 5. The van der Waals surface area contributed by atoms with Crippen molar-refractivity contribution in [2.75, 3.05) is 32.7 Å². The standard InChI is InChI=1S/C25H21F4N7O3/c26-16-2-4-19(25(27,28)29)18(12-16)24(39)34-10-8-33(9-11-34)22(37)13-30-23(38)20-15-35-14-17(3-5-21(35)32-20)36-7-1-6-31-36/h1-7,12,14-15H,8-11,13H2,(H,30,38). The van der Waals surface area contributed by atoms with Crippen LogP contribution in [0.5, 0.6) is 0 Å². The molecule has 1 fully saturated rings. The smallest absolute Gasteiger partial charge is 0.342 e. The number of benzene rings is 1. The van der Waals surface area contributed by atoms with Crippen LogP contribution in [0.4, 0.5) is 17.6 Å². The molecule has 1 aliphatic rings. The molecule has 0 spiro atoms. The molecule has 39 heavy (non-hydrogen) atoms. The number of aromatic nitrogens is 4.